The van der Waals surface area contributed by atoms with Crippen molar-refractivity contribution in [3.05, 3.63) is 24.3 Å². The summed E-state index contributed by atoms with van der Waals surface area (Å²) in [5.41, 5.74) is -0.426. The van der Waals surface area contributed by atoms with Crippen LogP contribution in [-0.2, 0) is 9.53 Å². The van der Waals surface area contributed by atoms with Crippen molar-refractivity contribution in [3.63, 3.8) is 0 Å². The van der Waals surface area contributed by atoms with E-state index in [1.54, 1.807) is 7.11 Å². The summed E-state index contributed by atoms with van der Waals surface area (Å²) in [5.74, 6) is -0.724. The predicted octanol–water partition coefficient (Wildman–Crippen LogP) is 1.18. The smallest absolute Gasteiger partial charge is 0.233 e. The van der Waals surface area contributed by atoms with Gasteiger partial charge in [0.05, 0.1) is 23.9 Å². The van der Waals surface area contributed by atoms with Crippen molar-refractivity contribution in [3.8, 4) is 0 Å². The van der Waals surface area contributed by atoms with E-state index in [1.165, 1.54) is 12.3 Å². The molecule has 1 aromatic rings. The molecule has 6 heteroatoms. The van der Waals surface area contributed by atoms with Gasteiger partial charge in [-0.15, -0.1) is 0 Å². The lowest BCUT2D eigenvalue weighted by Gasteiger charge is -2.35. The van der Waals surface area contributed by atoms with Crippen molar-refractivity contribution < 1.29 is 13.9 Å². The van der Waals surface area contributed by atoms with Gasteiger partial charge in [-0.05, 0) is 32.0 Å². The minimum absolute atomic E-state index is 0.161. The third-order valence-corrected chi connectivity index (χ3v) is 3.48. The normalized spacial score (nSPS) is 18.0. The van der Waals surface area contributed by atoms with Gasteiger partial charge >= 0.3 is 0 Å². The highest BCUT2D eigenvalue weighted by Crippen LogP contribution is 2.31. The second kappa shape index (κ2) is 6.08. The molecule has 5 nitrogen and oxygen atoms in total. The second-order valence-corrected chi connectivity index (χ2v) is 4.77. The fourth-order valence-electron chi connectivity index (χ4n) is 2.35. The third-order valence-electron chi connectivity index (χ3n) is 3.48. The van der Waals surface area contributed by atoms with Gasteiger partial charge in [-0.25, -0.2) is 4.39 Å². The van der Waals surface area contributed by atoms with E-state index < -0.39 is 11.2 Å². The summed E-state index contributed by atoms with van der Waals surface area (Å²) in [7, 11) is 1.57. The number of anilines is 1. The van der Waals surface area contributed by atoms with Crippen molar-refractivity contribution in [2.45, 2.75) is 12.8 Å². The van der Waals surface area contributed by atoms with Gasteiger partial charge in [0.25, 0.3) is 0 Å². The quantitative estimate of drug-likeness (QED) is 0.859. The molecule has 1 aromatic heterocycles. The first-order valence-electron chi connectivity index (χ1n) is 6.28. The first-order chi connectivity index (χ1) is 9.18. The lowest BCUT2D eigenvalue weighted by Crippen LogP contribution is -2.47. The van der Waals surface area contributed by atoms with Gasteiger partial charge in [-0.2, -0.15) is 0 Å². The Bertz CT molecular complexity index is 442. The molecule has 2 heterocycles. The fourth-order valence-corrected chi connectivity index (χ4v) is 2.35. The number of nitrogens with zero attached hydrogens (tertiary/aromatic N) is 1. The number of hydrogen-bond acceptors (Lipinski definition) is 4. The monoisotopic (exact) mass is 267 g/mol. The maximum Gasteiger partial charge on any atom is 0.233 e. The van der Waals surface area contributed by atoms with Crippen LogP contribution in [0.2, 0.25) is 0 Å². The third kappa shape index (κ3) is 3.08. The molecule has 1 aliphatic rings. The molecular weight excluding hydrogens is 249 g/mol. The molecule has 0 aromatic carbocycles. The molecule has 1 fully saturated rings. The molecule has 0 atom stereocenters. The molecule has 0 spiro atoms. The second-order valence-electron chi connectivity index (χ2n) is 4.77. The van der Waals surface area contributed by atoms with Crippen molar-refractivity contribution in [2.24, 2.45) is 5.41 Å². The zero-order chi connectivity index (χ0) is 13.7. The van der Waals surface area contributed by atoms with Crippen LogP contribution < -0.4 is 10.6 Å². The molecule has 2 N–H and O–H groups in total. The van der Waals surface area contributed by atoms with Gasteiger partial charge in [0.1, 0.15) is 0 Å². The van der Waals surface area contributed by atoms with Gasteiger partial charge in [-0.3, -0.25) is 9.78 Å². The number of rotatable bonds is 4. The van der Waals surface area contributed by atoms with E-state index in [2.05, 4.69) is 15.6 Å². The zero-order valence-electron chi connectivity index (χ0n) is 10.9. The molecule has 1 amide bonds. The molecule has 2 rings (SSSR count). The van der Waals surface area contributed by atoms with Crippen LogP contribution in [0.15, 0.2) is 18.5 Å². The lowest BCUT2D eigenvalue weighted by atomic mass is 9.78. The molecular formula is C13H18FN3O2. The van der Waals surface area contributed by atoms with Gasteiger partial charge in [0.15, 0.2) is 5.82 Å². The maximum absolute atomic E-state index is 13.5. The van der Waals surface area contributed by atoms with Crippen molar-refractivity contribution in [2.75, 3.05) is 32.1 Å². The Balaban J connectivity index is 2.14. The lowest BCUT2D eigenvalue weighted by molar-refractivity contribution is -0.130. The number of piperidine rings is 1. The standard InChI is InChI=1S/C13H18FN3O2/c1-19-9-13(3-6-15-7-4-13)12(18)17-11-2-5-16-8-10(11)14/h2,5,8,15H,3-4,6-7,9H2,1H3,(H,16,17,18). The number of aromatic nitrogens is 1. The van der Waals surface area contributed by atoms with E-state index in [0.717, 1.165) is 19.3 Å². The molecule has 0 bridgehead atoms. The van der Waals surface area contributed by atoms with Gasteiger partial charge in [0, 0.05) is 13.3 Å². The Kier molecular flexibility index (Phi) is 4.44. The summed E-state index contributed by atoms with van der Waals surface area (Å²) < 4.78 is 18.7. The number of halogens is 1. The van der Waals surface area contributed by atoms with Gasteiger partial charge in [-0.1, -0.05) is 0 Å². The average Bonchev–Trinajstić information content (AvgIpc) is 2.42. The largest absolute Gasteiger partial charge is 0.384 e. The van der Waals surface area contributed by atoms with Crippen LogP contribution >= 0.6 is 0 Å². The number of methoxy groups -OCH3 is 1. The minimum Gasteiger partial charge on any atom is -0.384 e. The molecule has 1 saturated heterocycles. The summed E-state index contributed by atoms with van der Waals surface area (Å²) in [4.78, 5) is 16.1. The molecule has 0 radical (unpaired) electrons. The summed E-state index contributed by atoms with van der Waals surface area (Å²) in [6, 6.07) is 1.45. The summed E-state index contributed by atoms with van der Waals surface area (Å²) in [5, 5.41) is 5.85. The zero-order valence-corrected chi connectivity index (χ0v) is 10.9. The van der Waals surface area contributed by atoms with Crippen LogP contribution in [0.1, 0.15) is 12.8 Å². The van der Waals surface area contributed by atoms with E-state index in [0.29, 0.717) is 19.4 Å². The first kappa shape index (κ1) is 13.9. The van der Waals surface area contributed by atoms with Crippen LogP contribution in [0.3, 0.4) is 0 Å². The first-order valence-corrected chi connectivity index (χ1v) is 6.28. The number of carbonyl (C=O) groups is 1. The highest BCUT2D eigenvalue weighted by Gasteiger charge is 2.39. The fraction of sp³-hybridized carbons (Fsp3) is 0.538. The number of pyridine rings is 1. The van der Waals surface area contributed by atoms with E-state index in [4.69, 9.17) is 4.74 Å². The molecule has 0 saturated carbocycles. The topological polar surface area (TPSA) is 63.2 Å². The van der Waals surface area contributed by atoms with Crippen LogP contribution in [0, 0.1) is 11.2 Å². The SMILES string of the molecule is COCC1(C(=O)Nc2ccncc2F)CCNCC1. The van der Waals surface area contributed by atoms with Crippen LogP contribution in [0.4, 0.5) is 10.1 Å². The number of nitrogens with one attached hydrogen (secondary N) is 2. The summed E-state index contributed by atoms with van der Waals surface area (Å²) >= 11 is 0. The van der Waals surface area contributed by atoms with Gasteiger partial charge < -0.3 is 15.4 Å². The van der Waals surface area contributed by atoms with E-state index >= 15 is 0 Å². The van der Waals surface area contributed by atoms with Crippen LogP contribution in [-0.4, -0.2) is 37.7 Å². The Hall–Kier alpha value is -1.53. The molecule has 104 valence electrons. The van der Waals surface area contributed by atoms with Crippen LogP contribution in [0.5, 0.6) is 0 Å². The van der Waals surface area contributed by atoms with Gasteiger partial charge in [0.2, 0.25) is 5.91 Å². The van der Waals surface area contributed by atoms with Crippen LogP contribution in [0.25, 0.3) is 0 Å². The Morgan fingerprint density at radius 3 is 2.95 bits per heavy atom. The maximum atomic E-state index is 13.5. The number of ether oxygens (including phenoxy) is 1. The van der Waals surface area contributed by atoms with Crippen molar-refractivity contribution in [1.29, 1.82) is 0 Å². The predicted molar refractivity (Wildman–Crippen MR) is 69.2 cm³/mol. The average molecular weight is 267 g/mol. The number of amides is 1. The molecule has 1 aliphatic heterocycles. The van der Waals surface area contributed by atoms with Crippen molar-refractivity contribution >= 4 is 11.6 Å². The highest BCUT2D eigenvalue weighted by atomic mass is 19.1. The molecule has 19 heavy (non-hydrogen) atoms. The Labute approximate surface area is 111 Å². The summed E-state index contributed by atoms with van der Waals surface area (Å²) in [6.07, 6.45) is 3.89. The van der Waals surface area contributed by atoms with E-state index in [9.17, 15) is 9.18 Å². The minimum atomic E-state index is -0.588. The number of hydrogen-bond donors (Lipinski definition) is 2. The number of carbonyl (C=O) groups excluding carboxylic acids is 1. The Morgan fingerprint density at radius 1 is 1.58 bits per heavy atom. The van der Waals surface area contributed by atoms with Crippen molar-refractivity contribution in [1.82, 2.24) is 10.3 Å². The summed E-state index contributed by atoms with van der Waals surface area (Å²) in [6.45, 7) is 1.86. The van der Waals surface area contributed by atoms with E-state index in [-0.39, 0.29) is 11.6 Å². The Morgan fingerprint density at radius 2 is 2.32 bits per heavy atom. The molecule has 0 unspecified atom stereocenters. The molecule has 0 aliphatic carbocycles. The highest BCUT2D eigenvalue weighted by molar-refractivity contribution is 5.95. The van der Waals surface area contributed by atoms with E-state index in [1.807, 2.05) is 0 Å².